The number of anilines is 2. The van der Waals surface area contributed by atoms with Crippen LogP contribution >= 0.6 is 0 Å². The van der Waals surface area contributed by atoms with Crippen LogP contribution in [0.25, 0.3) is 0 Å². The largest absolute Gasteiger partial charge is 0.416 e. The van der Waals surface area contributed by atoms with Crippen LogP contribution in [0, 0.1) is 23.1 Å². The number of carbonyl (C=O) groups is 3. The molecule has 0 aliphatic carbocycles. The molecule has 6 nitrogen and oxygen atoms in total. The number of ketones is 1. The molecule has 2 atom stereocenters. The Morgan fingerprint density at radius 3 is 2.35 bits per heavy atom. The minimum absolute atomic E-state index is 0.0622. The molecule has 1 N–H and O–H groups in total. The molecule has 0 radical (unpaired) electrons. The molecule has 1 heterocycles. The zero-order valence-electron chi connectivity index (χ0n) is 23.8. The van der Waals surface area contributed by atoms with Crippen LogP contribution in [-0.2, 0) is 27.0 Å². The van der Waals surface area contributed by atoms with E-state index in [2.05, 4.69) is 5.32 Å². The fraction of sp³-hybridized carbons (Fsp3) is 0.273. The lowest BCUT2D eigenvalue weighted by atomic mass is 9.74. The number of hydrogen-bond acceptors (Lipinski definition) is 4. The number of nitrogens with one attached hydrogen (secondary N) is 1. The summed E-state index contributed by atoms with van der Waals surface area (Å²) in [5.41, 5.74) is 0.497. The summed E-state index contributed by atoms with van der Waals surface area (Å²) in [7, 11) is 0. The number of aryl methyl sites for hydroxylation is 1. The number of allylic oxidation sites excluding steroid dienone is 2. The third-order valence-corrected chi connectivity index (χ3v) is 7.47. The van der Waals surface area contributed by atoms with Crippen LogP contribution in [0.1, 0.15) is 61.8 Å². The van der Waals surface area contributed by atoms with Crippen LogP contribution in [0.4, 0.5) is 28.9 Å². The predicted molar refractivity (Wildman–Crippen MR) is 153 cm³/mol. The molecular weight excluding hydrogens is 562 g/mol. The highest BCUT2D eigenvalue weighted by molar-refractivity contribution is 6.17. The van der Waals surface area contributed by atoms with Crippen LogP contribution in [0.5, 0.6) is 0 Å². The van der Waals surface area contributed by atoms with Crippen LogP contribution in [0.3, 0.4) is 0 Å². The van der Waals surface area contributed by atoms with E-state index in [-0.39, 0.29) is 22.6 Å². The highest BCUT2D eigenvalue weighted by Gasteiger charge is 2.47. The van der Waals surface area contributed by atoms with E-state index < -0.39 is 47.0 Å². The van der Waals surface area contributed by atoms with Gasteiger partial charge in [0.05, 0.1) is 17.2 Å². The van der Waals surface area contributed by atoms with Crippen molar-refractivity contribution in [1.29, 1.82) is 5.26 Å². The van der Waals surface area contributed by atoms with E-state index >= 15 is 0 Å². The van der Waals surface area contributed by atoms with Gasteiger partial charge in [0.25, 0.3) is 0 Å². The van der Waals surface area contributed by atoms with Crippen molar-refractivity contribution in [2.24, 2.45) is 5.92 Å². The van der Waals surface area contributed by atoms with Crippen molar-refractivity contribution in [2.75, 3.05) is 10.2 Å². The molecule has 0 fully saturated rings. The first-order valence-electron chi connectivity index (χ1n) is 13.7. The van der Waals surface area contributed by atoms with E-state index in [1.54, 1.807) is 0 Å². The Balaban J connectivity index is 1.90. The maximum Gasteiger partial charge on any atom is 0.416 e. The van der Waals surface area contributed by atoms with E-state index in [1.807, 2.05) is 13.0 Å². The maximum absolute atomic E-state index is 14.2. The lowest BCUT2D eigenvalue weighted by molar-refractivity contribution is -0.138. The van der Waals surface area contributed by atoms with Gasteiger partial charge in [-0.2, -0.15) is 18.4 Å². The Labute approximate surface area is 246 Å². The first-order chi connectivity index (χ1) is 20.4. The smallest absolute Gasteiger partial charge is 0.325 e. The topological polar surface area (TPSA) is 90.3 Å². The summed E-state index contributed by atoms with van der Waals surface area (Å²) in [6.45, 7) is 4.66. The number of carbonyl (C=O) groups excluding carboxylic acids is 3. The van der Waals surface area contributed by atoms with E-state index in [0.29, 0.717) is 29.5 Å². The summed E-state index contributed by atoms with van der Waals surface area (Å²) >= 11 is 0. The Morgan fingerprint density at radius 1 is 1.05 bits per heavy atom. The van der Waals surface area contributed by atoms with E-state index in [1.165, 1.54) is 62.4 Å². The molecule has 3 aromatic rings. The lowest BCUT2D eigenvalue weighted by Gasteiger charge is -2.39. The number of nitriles is 1. The van der Waals surface area contributed by atoms with Gasteiger partial charge in [-0.1, -0.05) is 31.5 Å². The van der Waals surface area contributed by atoms with Gasteiger partial charge in [0.15, 0.2) is 5.78 Å². The number of alkyl halides is 3. The van der Waals surface area contributed by atoms with Crippen molar-refractivity contribution in [1.82, 2.24) is 0 Å². The third-order valence-electron chi connectivity index (χ3n) is 7.47. The van der Waals surface area contributed by atoms with Crippen molar-refractivity contribution in [2.45, 2.75) is 52.1 Å². The fourth-order valence-corrected chi connectivity index (χ4v) is 5.43. The van der Waals surface area contributed by atoms with Crippen molar-refractivity contribution in [3.63, 3.8) is 0 Å². The summed E-state index contributed by atoms with van der Waals surface area (Å²) in [5, 5.41) is 12.0. The molecule has 0 saturated heterocycles. The van der Waals surface area contributed by atoms with E-state index in [0.717, 1.165) is 29.5 Å². The normalized spacial score (nSPS) is 17.1. The number of unbranched alkanes of at least 4 members (excludes halogenated alkanes) is 1. The molecule has 10 heteroatoms. The number of rotatable bonds is 8. The summed E-state index contributed by atoms with van der Waals surface area (Å²) in [6, 6.07) is 16.0. The predicted octanol–water partition coefficient (Wildman–Crippen LogP) is 7.31. The van der Waals surface area contributed by atoms with Crippen molar-refractivity contribution in [3.05, 3.63) is 106 Å². The molecule has 2 amide bonds. The molecule has 0 spiro atoms. The van der Waals surface area contributed by atoms with E-state index in [9.17, 15) is 37.2 Å². The third kappa shape index (κ3) is 6.51. The maximum atomic E-state index is 14.2. The minimum atomic E-state index is -4.70. The number of benzene rings is 3. The van der Waals surface area contributed by atoms with Gasteiger partial charge < -0.3 is 5.32 Å². The molecule has 2 unspecified atom stereocenters. The van der Waals surface area contributed by atoms with Gasteiger partial charge in [-0.15, -0.1) is 0 Å². The van der Waals surface area contributed by atoms with Crippen molar-refractivity contribution >= 4 is 29.0 Å². The van der Waals surface area contributed by atoms with Crippen LogP contribution in [0.2, 0.25) is 0 Å². The van der Waals surface area contributed by atoms with Crippen molar-refractivity contribution < 1.29 is 31.9 Å². The lowest BCUT2D eigenvalue weighted by Crippen LogP contribution is -2.49. The number of Topliss-reactive ketones (excluding diaryl/α,β-unsaturated/α-hetero) is 1. The van der Waals surface area contributed by atoms with Gasteiger partial charge in [0.1, 0.15) is 11.7 Å². The fourth-order valence-electron chi connectivity index (χ4n) is 5.43. The van der Waals surface area contributed by atoms with Gasteiger partial charge in [0.2, 0.25) is 11.8 Å². The molecule has 0 aromatic heterocycles. The van der Waals surface area contributed by atoms with Crippen LogP contribution < -0.4 is 10.2 Å². The molecule has 43 heavy (non-hydrogen) atoms. The van der Waals surface area contributed by atoms with Gasteiger partial charge in [0, 0.05) is 28.6 Å². The minimum Gasteiger partial charge on any atom is -0.325 e. The van der Waals surface area contributed by atoms with Crippen LogP contribution in [-0.4, -0.2) is 17.6 Å². The van der Waals surface area contributed by atoms with Gasteiger partial charge in [-0.05, 0) is 86.3 Å². The van der Waals surface area contributed by atoms with E-state index in [4.69, 9.17) is 0 Å². The average Bonchev–Trinajstić information content (AvgIpc) is 2.96. The highest BCUT2D eigenvalue weighted by Crippen LogP contribution is 2.44. The molecule has 222 valence electrons. The highest BCUT2D eigenvalue weighted by atomic mass is 19.4. The summed E-state index contributed by atoms with van der Waals surface area (Å²) in [6.07, 6.45) is -2.73. The first kappa shape index (κ1) is 31.2. The zero-order chi connectivity index (χ0) is 31.5. The molecule has 0 saturated carbocycles. The molecule has 4 rings (SSSR count). The molecule has 0 bridgehead atoms. The second kappa shape index (κ2) is 12.6. The monoisotopic (exact) mass is 591 g/mol. The Hall–Kier alpha value is -4.78. The molecule has 1 aliphatic rings. The van der Waals surface area contributed by atoms with Gasteiger partial charge in [-0.3, -0.25) is 19.3 Å². The number of nitrogens with zero attached hydrogens (tertiary/aromatic N) is 2. The Morgan fingerprint density at radius 2 is 1.74 bits per heavy atom. The summed E-state index contributed by atoms with van der Waals surface area (Å²) in [4.78, 5) is 42.4. The first-order valence-corrected chi connectivity index (χ1v) is 13.7. The summed E-state index contributed by atoms with van der Waals surface area (Å²) < 4.78 is 54.9. The van der Waals surface area contributed by atoms with Crippen LogP contribution in [0.15, 0.2) is 78.0 Å². The Kier molecular flexibility index (Phi) is 9.14. The van der Waals surface area contributed by atoms with Gasteiger partial charge in [-0.25, -0.2) is 4.39 Å². The SMILES string of the molecule is CCCCc1cc(F)ccc1NC(=O)C1C(=O)N(c2cccc(C(F)(F)F)c2)C(C)=C(C(C)=O)C1c1ccc(C#N)cc1. The number of halogens is 4. The Bertz CT molecular complexity index is 1640. The van der Waals surface area contributed by atoms with Gasteiger partial charge >= 0.3 is 6.18 Å². The quantitative estimate of drug-likeness (QED) is 0.220. The molecule has 1 aliphatic heterocycles. The molecule has 3 aromatic carbocycles. The molecular formula is C33H29F4N3O3. The second-order valence-corrected chi connectivity index (χ2v) is 10.4. The summed E-state index contributed by atoms with van der Waals surface area (Å²) in [5.74, 6) is -5.34. The second-order valence-electron chi connectivity index (χ2n) is 10.4. The zero-order valence-corrected chi connectivity index (χ0v) is 23.8. The average molecular weight is 592 g/mol. The van der Waals surface area contributed by atoms with Crippen molar-refractivity contribution in [3.8, 4) is 6.07 Å². The number of amides is 2. The standard InChI is InChI=1S/C33H29F4N3O3/c1-4-5-7-23-16-25(34)14-15-27(23)39-31(42)30-29(22-12-10-21(18-38)11-13-22)28(20(3)41)19(2)40(32(30)43)26-9-6-8-24(17-26)33(35,36)37/h6,8-17,29-30H,4-5,7H2,1-3H3,(H,39,42). The number of hydrogen-bond donors (Lipinski definition) is 1.